The van der Waals surface area contributed by atoms with Gasteiger partial charge in [0, 0.05) is 28.4 Å². The number of carboxylic acid groups (broad SMARTS) is 1. The van der Waals surface area contributed by atoms with E-state index in [4.69, 9.17) is 9.47 Å². The van der Waals surface area contributed by atoms with Crippen molar-refractivity contribution in [2.75, 3.05) is 25.6 Å². The van der Waals surface area contributed by atoms with Gasteiger partial charge < -0.3 is 19.9 Å². The molecule has 4 aromatic rings. The number of nitrogens with one attached hydrogen (secondary N) is 1. The molecule has 2 aromatic heterocycles. The van der Waals surface area contributed by atoms with Crippen LogP contribution in [0.25, 0.3) is 21.3 Å². The fourth-order valence-electron chi connectivity index (χ4n) is 3.59. The Kier molecular flexibility index (Phi) is 6.51. The zero-order valence-electron chi connectivity index (χ0n) is 17.8. The summed E-state index contributed by atoms with van der Waals surface area (Å²) in [5.41, 5.74) is 2.73. The number of carbonyl (C=O) groups is 1. The maximum absolute atomic E-state index is 11.4. The number of anilines is 1. The van der Waals surface area contributed by atoms with E-state index in [1.165, 1.54) is 28.0 Å². The summed E-state index contributed by atoms with van der Waals surface area (Å²) < 4.78 is 12.3. The molecule has 0 atom stereocenters. The number of aromatic carboxylic acids is 1. The molecule has 2 N–H and O–H groups in total. The number of ether oxygens (including phenoxy) is 2. The van der Waals surface area contributed by atoms with Gasteiger partial charge in [-0.3, -0.25) is 0 Å². The first-order valence-electron chi connectivity index (χ1n) is 10.2. The van der Waals surface area contributed by atoms with E-state index in [1.54, 1.807) is 30.6 Å². The molecule has 0 fully saturated rings. The van der Waals surface area contributed by atoms with Crippen LogP contribution in [-0.2, 0) is 6.42 Å². The Morgan fingerprint density at radius 1 is 1.12 bits per heavy atom. The summed E-state index contributed by atoms with van der Waals surface area (Å²) in [6, 6.07) is 13.0. The second-order valence-electron chi connectivity index (χ2n) is 6.99. The molecular formula is C24H23N3O4S. The summed E-state index contributed by atoms with van der Waals surface area (Å²) in [5, 5.41) is 16.0. The number of thiophene rings is 1. The summed E-state index contributed by atoms with van der Waals surface area (Å²) >= 11 is 1.71. The predicted octanol–water partition coefficient (Wildman–Crippen LogP) is 5.12. The molecule has 2 aromatic carbocycles. The van der Waals surface area contributed by atoms with Gasteiger partial charge in [0.05, 0.1) is 19.4 Å². The molecule has 0 saturated carbocycles. The number of benzene rings is 2. The standard InChI is InChI=1S/C24H23N3O4S/c1-3-31-21-12-15(4-5-18(21)24(28)29)19-13-23(27-14-26-19)25-10-8-16-17-9-11-32-22(17)7-6-20(16)30-2/h4-7,9,11-14H,3,8,10H2,1-2H3,(H,28,29)(H,25,26,27). The van der Waals surface area contributed by atoms with Crippen molar-refractivity contribution in [3.8, 4) is 22.8 Å². The van der Waals surface area contributed by atoms with E-state index >= 15 is 0 Å². The predicted molar refractivity (Wildman–Crippen MR) is 126 cm³/mol. The Morgan fingerprint density at radius 3 is 2.78 bits per heavy atom. The van der Waals surface area contributed by atoms with Crippen LogP contribution in [0.15, 0.2) is 54.2 Å². The average Bonchev–Trinajstić information content (AvgIpc) is 3.28. The average molecular weight is 450 g/mol. The zero-order valence-corrected chi connectivity index (χ0v) is 18.6. The van der Waals surface area contributed by atoms with Gasteiger partial charge >= 0.3 is 5.97 Å². The molecule has 0 radical (unpaired) electrons. The summed E-state index contributed by atoms with van der Waals surface area (Å²) in [6.45, 7) is 2.86. The third kappa shape index (κ3) is 4.50. The van der Waals surface area contributed by atoms with Crippen LogP contribution in [-0.4, -0.2) is 41.3 Å². The lowest BCUT2D eigenvalue weighted by Gasteiger charge is -2.12. The number of fused-ring (bicyclic) bond motifs is 1. The Bertz CT molecular complexity index is 1260. The number of hydrogen-bond acceptors (Lipinski definition) is 7. The molecule has 32 heavy (non-hydrogen) atoms. The molecule has 0 amide bonds. The molecule has 0 aliphatic carbocycles. The van der Waals surface area contributed by atoms with Crippen molar-refractivity contribution in [3.63, 3.8) is 0 Å². The molecule has 2 heterocycles. The first-order valence-corrected chi connectivity index (χ1v) is 11.1. The van der Waals surface area contributed by atoms with Gasteiger partial charge in [-0.05, 0) is 54.4 Å². The number of hydrogen-bond donors (Lipinski definition) is 2. The molecule has 164 valence electrons. The van der Waals surface area contributed by atoms with Crippen molar-refractivity contribution < 1.29 is 19.4 Å². The molecule has 4 rings (SSSR count). The summed E-state index contributed by atoms with van der Waals surface area (Å²) in [7, 11) is 1.69. The van der Waals surface area contributed by atoms with Crippen LogP contribution >= 0.6 is 11.3 Å². The van der Waals surface area contributed by atoms with Gasteiger partial charge in [-0.2, -0.15) is 0 Å². The first kappa shape index (κ1) is 21.6. The Morgan fingerprint density at radius 2 is 2.00 bits per heavy atom. The zero-order chi connectivity index (χ0) is 22.5. The quantitative estimate of drug-likeness (QED) is 0.366. The van der Waals surface area contributed by atoms with Gasteiger partial charge in [0.2, 0.25) is 0 Å². The molecule has 0 bridgehead atoms. The van der Waals surface area contributed by atoms with Crippen LogP contribution < -0.4 is 14.8 Å². The highest BCUT2D eigenvalue weighted by atomic mass is 32.1. The molecule has 0 spiro atoms. The van der Waals surface area contributed by atoms with E-state index in [2.05, 4.69) is 32.8 Å². The number of aromatic nitrogens is 2. The lowest BCUT2D eigenvalue weighted by molar-refractivity contribution is 0.0692. The minimum Gasteiger partial charge on any atom is -0.496 e. The van der Waals surface area contributed by atoms with E-state index < -0.39 is 5.97 Å². The van der Waals surface area contributed by atoms with Crippen molar-refractivity contribution in [1.29, 1.82) is 0 Å². The molecule has 0 saturated heterocycles. The molecule has 8 heteroatoms. The summed E-state index contributed by atoms with van der Waals surface area (Å²) in [4.78, 5) is 20.1. The minimum absolute atomic E-state index is 0.125. The van der Waals surface area contributed by atoms with E-state index in [1.807, 2.05) is 19.1 Å². The normalized spacial score (nSPS) is 10.8. The van der Waals surface area contributed by atoms with E-state index in [-0.39, 0.29) is 5.56 Å². The topological polar surface area (TPSA) is 93.6 Å². The molecular weight excluding hydrogens is 426 g/mol. The van der Waals surface area contributed by atoms with Crippen LogP contribution in [0.3, 0.4) is 0 Å². The van der Waals surface area contributed by atoms with Crippen molar-refractivity contribution in [3.05, 3.63) is 65.3 Å². The van der Waals surface area contributed by atoms with Gasteiger partial charge in [0.25, 0.3) is 0 Å². The van der Waals surface area contributed by atoms with E-state index in [0.29, 0.717) is 30.4 Å². The van der Waals surface area contributed by atoms with E-state index in [9.17, 15) is 9.90 Å². The molecule has 7 nitrogen and oxygen atoms in total. The maximum Gasteiger partial charge on any atom is 0.339 e. The smallest absolute Gasteiger partial charge is 0.339 e. The third-order valence-corrected chi connectivity index (χ3v) is 5.96. The highest BCUT2D eigenvalue weighted by Gasteiger charge is 2.14. The Hall–Kier alpha value is -3.65. The van der Waals surface area contributed by atoms with Gasteiger partial charge in [-0.25, -0.2) is 14.8 Å². The van der Waals surface area contributed by atoms with Gasteiger partial charge in [0.1, 0.15) is 29.2 Å². The van der Waals surface area contributed by atoms with Gasteiger partial charge in [-0.15, -0.1) is 11.3 Å². The SMILES string of the molecule is CCOc1cc(-c2cc(NCCc3c(OC)ccc4sccc34)ncn2)ccc1C(=O)O. The second-order valence-corrected chi connectivity index (χ2v) is 7.94. The van der Waals surface area contributed by atoms with Crippen molar-refractivity contribution >= 4 is 33.2 Å². The lowest BCUT2D eigenvalue weighted by atomic mass is 10.1. The fraction of sp³-hybridized carbons (Fsp3) is 0.208. The van der Waals surface area contributed by atoms with E-state index in [0.717, 1.165) is 17.7 Å². The molecule has 0 aliphatic rings. The lowest BCUT2D eigenvalue weighted by Crippen LogP contribution is -2.08. The monoisotopic (exact) mass is 449 g/mol. The minimum atomic E-state index is -1.03. The summed E-state index contributed by atoms with van der Waals surface area (Å²) in [5.74, 6) is 0.859. The Labute approximate surface area is 189 Å². The highest BCUT2D eigenvalue weighted by molar-refractivity contribution is 7.17. The van der Waals surface area contributed by atoms with Crippen molar-refractivity contribution in [2.24, 2.45) is 0 Å². The maximum atomic E-state index is 11.4. The number of carboxylic acids is 1. The Balaban J connectivity index is 1.52. The van der Waals surface area contributed by atoms with Crippen LogP contribution in [0.4, 0.5) is 5.82 Å². The van der Waals surface area contributed by atoms with Crippen molar-refractivity contribution in [2.45, 2.75) is 13.3 Å². The number of methoxy groups -OCH3 is 1. The molecule has 0 unspecified atom stereocenters. The second kappa shape index (κ2) is 9.65. The van der Waals surface area contributed by atoms with Gasteiger partial charge in [-0.1, -0.05) is 6.07 Å². The van der Waals surface area contributed by atoms with Crippen LogP contribution in [0.5, 0.6) is 11.5 Å². The third-order valence-electron chi connectivity index (χ3n) is 5.08. The van der Waals surface area contributed by atoms with Gasteiger partial charge in [0.15, 0.2) is 0 Å². The van der Waals surface area contributed by atoms with Crippen molar-refractivity contribution in [1.82, 2.24) is 9.97 Å². The number of nitrogens with zero attached hydrogens (tertiary/aromatic N) is 2. The summed E-state index contributed by atoms with van der Waals surface area (Å²) in [6.07, 6.45) is 2.27. The van der Waals surface area contributed by atoms with Crippen LogP contribution in [0.1, 0.15) is 22.8 Å². The van der Waals surface area contributed by atoms with Crippen LogP contribution in [0, 0.1) is 0 Å². The number of rotatable bonds is 9. The fourth-order valence-corrected chi connectivity index (χ4v) is 4.41. The first-order chi connectivity index (χ1) is 15.6. The highest BCUT2D eigenvalue weighted by Crippen LogP contribution is 2.32. The van der Waals surface area contributed by atoms with Crippen LogP contribution in [0.2, 0.25) is 0 Å². The molecule has 0 aliphatic heterocycles. The largest absolute Gasteiger partial charge is 0.496 e.